The average Bonchev–Trinajstić information content (AvgIpc) is 1.78. The van der Waals surface area contributed by atoms with E-state index in [-0.39, 0.29) is 0 Å². The minimum Gasteiger partial charge on any atom is -0.0658 e. The van der Waals surface area contributed by atoms with Gasteiger partial charge in [-0.15, -0.1) is 0 Å². The fourth-order valence-electron chi connectivity index (χ4n) is 1.08. The summed E-state index contributed by atoms with van der Waals surface area (Å²) in [7, 11) is 1.40. The van der Waals surface area contributed by atoms with Crippen molar-refractivity contribution in [1.29, 1.82) is 0 Å². The highest BCUT2D eigenvalue weighted by Crippen LogP contribution is 2.21. The molecule has 10 heavy (non-hydrogen) atoms. The number of hydrogen-bond acceptors (Lipinski definition) is 0. The van der Waals surface area contributed by atoms with Gasteiger partial charge in [0.2, 0.25) is 0 Å². The smallest absolute Gasteiger partial charge is 0.00279 e. The minimum absolute atomic E-state index is 0.561. The molecule has 0 aromatic heterocycles. The Bertz CT molecular complexity index is 71.3. The maximum Gasteiger partial charge on any atom is 0.00279 e. The molecule has 0 atom stereocenters. The van der Waals surface area contributed by atoms with Crippen LogP contribution in [-0.2, 0) is 0 Å². The van der Waals surface area contributed by atoms with Crippen molar-refractivity contribution in [3.05, 3.63) is 0 Å². The van der Waals surface area contributed by atoms with Gasteiger partial charge >= 0.3 is 0 Å². The molecule has 0 spiro atoms. The van der Waals surface area contributed by atoms with E-state index in [1.165, 1.54) is 42.0 Å². The van der Waals surface area contributed by atoms with Crippen LogP contribution >= 0.6 is 0 Å². The quantitative estimate of drug-likeness (QED) is 0.435. The van der Waals surface area contributed by atoms with Crippen LogP contribution in [0.4, 0.5) is 0 Å². The van der Waals surface area contributed by atoms with Gasteiger partial charge in [0.05, 0.1) is 0 Å². The summed E-state index contributed by atoms with van der Waals surface area (Å²) in [5.74, 6) is 0. The van der Waals surface area contributed by atoms with E-state index in [1.807, 2.05) is 0 Å². The summed E-state index contributed by atoms with van der Waals surface area (Å²) in [6, 6.07) is 1.49. The Morgan fingerprint density at radius 3 is 2.00 bits per heavy atom. The maximum atomic E-state index is 2.33. The molecule has 0 aliphatic carbocycles. The molecule has 0 heterocycles. The summed E-state index contributed by atoms with van der Waals surface area (Å²) in [5, 5.41) is 0. The second kappa shape index (κ2) is 4.95. The first kappa shape index (κ1) is 10.2. The Kier molecular flexibility index (Phi) is 5.05. The molecule has 0 saturated heterocycles. The topological polar surface area (TPSA) is 0 Å². The molecule has 1 heteroatoms. The van der Waals surface area contributed by atoms with Crippen LogP contribution in [0.2, 0.25) is 6.04 Å². The first-order valence-corrected chi connectivity index (χ1v) is 5.97. The fourth-order valence-corrected chi connectivity index (χ4v) is 1.58. The SMILES string of the molecule is CC(C)(C)CCCCC[SiH3]. The van der Waals surface area contributed by atoms with Gasteiger partial charge in [0.25, 0.3) is 0 Å². The molecule has 0 amide bonds. The molecule has 0 nitrogen and oxygen atoms in total. The lowest BCUT2D eigenvalue weighted by Gasteiger charge is -2.17. The van der Waals surface area contributed by atoms with Gasteiger partial charge in [-0.1, -0.05) is 46.1 Å². The normalized spacial score (nSPS) is 12.3. The summed E-state index contributed by atoms with van der Waals surface area (Å²) < 4.78 is 0. The number of rotatable bonds is 4. The van der Waals surface area contributed by atoms with E-state index in [1.54, 1.807) is 0 Å². The standard InChI is InChI=1S/C9H22Si/c1-9(2,3)7-5-4-6-8-10/h4-8H2,1-3,10H3. The van der Waals surface area contributed by atoms with Crippen molar-refractivity contribution in [2.45, 2.75) is 52.5 Å². The van der Waals surface area contributed by atoms with Crippen LogP contribution in [-0.4, -0.2) is 10.2 Å². The third-order valence-electron chi connectivity index (χ3n) is 1.78. The lowest BCUT2D eigenvalue weighted by atomic mass is 9.90. The highest BCUT2D eigenvalue weighted by Gasteiger charge is 2.08. The Hall–Kier alpha value is 0.217. The summed E-state index contributed by atoms with van der Waals surface area (Å²) in [6.45, 7) is 6.98. The van der Waals surface area contributed by atoms with E-state index in [0.29, 0.717) is 5.41 Å². The van der Waals surface area contributed by atoms with Crippen molar-refractivity contribution in [2.24, 2.45) is 5.41 Å². The summed E-state index contributed by atoms with van der Waals surface area (Å²) >= 11 is 0. The minimum atomic E-state index is 0.561. The first-order chi connectivity index (χ1) is 4.56. The first-order valence-electron chi connectivity index (χ1n) is 4.56. The largest absolute Gasteiger partial charge is 0.0658 e. The van der Waals surface area contributed by atoms with Gasteiger partial charge in [-0.2, -0.15) is 0 Å². The fraction of sp³-hybridized carbons (Fsp3) is 1.00. The van der Waals surface area contributed by atoms with E-state index in [9.17, 15) is 0 Å². The molecule has 0 rings (SSSR count). The third-order valence-corrected chi connectivity index (χ3v) is 2.49. The second-order valence-electron chi connectivity index (χ2n) is 4.37. The molecule has 0 aromatic carbocycles. The summed E-state index contributed by atoms with van der Waals surface area (Å²) in [6.07, 6.45) is 5.77. The molecule has 0 unspecified atom stereocenters. The molecule has 0 saturated carbocycles. The van der Waals surface area contributed by atoms with E-state index >= 15 is 0 Å². The lowest BCUT2D eigenvalue weighted by molar-refractivity contribution is 0.359. The molecule has 0 radical (unpaired) electrons. The number of unbranched alkanes of at least 4 members (excludes halogenated alkanes) is 2. The summed E-state index contributed by atoms with van der Waals surface area (Å²) in [5.41, 5.74) is 0.561. The number of hydrogen-bond donors (Lipinski definition) is 0. The van der Waals surface area contributed by atoms with Crippen molar-refractivity contribution in [1.82, 2.24) is 0 Å². The lowest BCUT2D eigenvalue weighted by Crippen LogP contribution is -2.03. The average molecular weight is 158 g/mol. The molecular weight excluding hydrogens is 136 g/mol. The monoisotopic (exact) mass is 158 g/mol. The molecule has 0 bridgehead atoms. The van der Waals surface area contributed by atoms with Gasteiger partial charge in [0.15, 0.2) is 0 Å². The van der Waals surface area contributed by atoms with Crippen molar-refractivity contribution < 1.29 is 0 Å². The van der Waals surface area contributed by atoms with E-state index < -0.39 is 0 Å². The van der Waals surface area contributed by atoms with Crippen LogP contribution in [0, 0.1) is 5.41 Å². The van der Waals surface area contributed by atoms with E-state index in [4.69, 9.17) is 0 Å². The molecule has 0 aliphatic heterocycles. The molecule has 62 valence electrons. The zero-order valence-corrected chi connectivity index (χ0v) is 10.0. The van der Waals surface area contributed by atoms with Gasteiger partial charge in [-0.05, 0) is 11.8 Å². The molecule has 0 N–H and O–H groups in total. The van der Waals surface area contributed by atoms with Crippen LogP contribution in [0.5, 0.6) is 0 Å². The van der Waals surface area contributed by atoms with Crippen LogP contribution in [0.3, 0.4) is 0 Å². The molecular formula is C9H22Si. The van der Waals surface area contributed by atoms with Crippen LogP contribution in [0.1, 0.15) is 46.5 Å². The third kappa shape index (κ3) is 8.22. The van der Waals surface area contributed by atoms with Crippen LogP contribution in [0.15, 0.2) is 0 Å². The Morgan fingerprint density at radius 1 is 1.00 bits per heavy atom. The molecule has 0 fully saturated rings. The van der Waals surface area contributed by atoms with Gasteiger partial charge in [-0.3, -0.25) is 0 Å². The Morgan fingerprint density at radius 2 is 1.60 bits per heavy atom. The zero-order valence-electron chi connectivity index (χ0n) is 8.04. The van der Waals surface area contributed by atoms with Crippen molar-refractivity contribution in [3.8, 4) is 0 Å². The van der Waals surface area contributed by atoms with E-state index in [0.717, 1.165) is 0 Å². The highest BCUT2D eigenvalue weighted by molar-refractivity contribution is 6.08. The van der Waals surface area contributed by atoms with Crippen molar-refractivity contribution in [3.63, 3.8) is 0 Å². The Balaban J connectivity index is 3.04. The summed E-state index contributed by atoms with van der Waals surface area (Å²) in [4.78, 5) is 0. The van der Waals surface area contributed by atoms with Crippen LogP contribution < -0.4 is 0 Å². The van der Waals surface area contributed by atoms with Gasteiger partial charge in [0.1, 0.15) is 0 Å². The Labute approximate surface area is 68.8 Å². The molecule has 0 aromatic rings. The van der Waals surface area contributed by atoms with Crippen molar-refractivity contribution >= 4 is 10.2 Å². The molecule has 0 aliphatic rings. The zero-order chi connectivity index (χ0) is 8.04. The second-order valence-corrected chi connectivity index (χ2v) is 5.37. The van der Waals surface area contributed by atoms with Crippen molar-refractivity contribution in [2.75, 3.05) is 0 Å². The van der Waals surface area contributed by atoms with Gasteiger partial charge in [-0.25, -0.2) is 0 Å². The van der Waals surface area contributed by atoms with Crippen LogP contribution in [0.25, 0.3) is 0 Å². The highest BCUT2D eigenvalue weighted by atomic mass is 28.1. The van der Waals surface area contributed by atoms with Gasteiger partial charge < -0.3 is 0 Å². The maximum absolute atomic E-state index is 2.33. The predicted octanol–water partition coefficient (Wildman–Crippen LogP) is 2.38. The predicted molar refractivity (Wildman–Crippen MR) is 52.7 cm³/mol. The van der Waals surface area contributed by atoms with Gasteiger partial charge in [0, 0.05) is 10.2 Å². The van der Waals surface area contributed by atoms with E-state index in [2.05, 4.69) is 20.8 Å².